The number of hydrogen-bond donors (Lipinski definition) is 2. The molecular weight excluding hydrogens is 420 g/mol. The monoisotopic (exact) mass is 460 g/mol. The Balaban J connectivity index is 2.25. The molecule has 0 spiro atoms. The summed E-state index contributed by atoms with van der Waals surface area (Å²) in [6, 6.07) is 8.76. The zero-order valence-corrected chi connectivity index (χ0v) is 21.3. The van der Waals surface area contributed by atoms with E-state index in [0.29, 0.717) is 11.5 Å². The minimum atomic E-state index is -0.410. The lowest BCUT2D eigenvalue weighted by atomic mass is 9.90. The minimum absolute atomic E-state index is 0.410. The number of carbonyl (C=O) groups is 1. The third-order valence-corrected chi connectivity index (χ3v) is 6.93. The van der Waals surface area contributed by atoms with Crippen LogP contribution in [0.4, 0.5) is 17.1 Å². The van der Waals surface area contributed by atoms with Crippen molar-refractivity contribution in [2.45, 2.75) is 66.2 Å². The quantitative estimate of drug-likeness (QED) is 0.359. The molecule has 3 rings (SSSR count). The number of nitrogens with one attached hydrogen (secondary N) is 1. The van der Waals surface area contributed by atoms with Crippen molar-refractivity contribution >= 4 is 29.2 Å². The summed E-state index contributed by atoms with van der Waals surface area (Å²) in [4.78, 5) is 19.7. The molecule has 1 fully saturated rings. The average molecular weight is 461 g/mol. The van der Waals surface area contributed by atoms with Crippen LogP contribution < -0.4 is 16.0 Å². The van der Waals surface area contributed by atoms with Crippen LogP contribution in [0.15, 0.2) is 42.0 Å². The van der Waals surface area contributed by atoms with E-state index < -0.39 is 5.91 Å². The second kappa shape index (κ2) is 11.9. The Bertz CT molecular complexity index is 1060. The van der Waals surface area contributed by atoms with E-state index in [1.54, 1.807) is 6.20 Å². The first-order chi connectivity index (χ1) is 16.5. The van der Waals surface area contributed by atoms with E-state index in [9.17, 15) is 4.79 Å². The van der Waals surface area contributed by atoms with Crippen molar-refractivity contribution in [3.8, 4) is 11.1 Å². The third-order valence-electron chi connectivity index (χ3n) is 6.93. The van der Waals surface area contributed by atoms with Gasteiger partial charge in [0.05, 0.1) is 22.6 Å². The molecule has 1 atom stereocenters. The maximum atomic E-state index is 12.7. The van der Waals surface area contributed by atoms with Gasteiger partial charge in [-0.1, -0.05) is 52.3 Å². The topological polar surface area (TPSA) is 70.7 Å². The molecule has 0 aliphatic carbocycles. The van der Waals surface area contributed by atoms with Crippen molar-refractivity contribution in [3.05, 3.63) is 53.7 Å². The molecule has 2 aromatic carbocycles. The number of carbonyl (C=O) groups excluding carboxylic acids is 1. The number of aliphatic imine (C=N–C) groups is 1. The van der Waals surface area contributed by atoms with Crippen LogP contribution in [0.25, 0.3) is 11.1 Å². The third kappa shape index (κ3) is 5.35. The molecule has 0 aromatic heterocycles. The van der Waals surface area contributed by atoms with Crippen molar-refractivity contribution in [1.82, 2.24) is 0 Å². The zero-order chi connectivity index (χ0) is 24.7. The number of primary amides is 1. The Morgan fingerprint density at radius 3 is 2.68 bits per heavy atom. The van der Waals surface area contributed by atoms with E-state index in [4.69, 9.17) is 5.73 Å². The molecular formula is C29H40N4O. The van der Waals surface area contributed by atoms with Gasteiger partial charge >= 0.3 is 0 Å². The summed E-state index contributed by atoms with van der Waals surface area (Å²) >= 11 is 0. The first kappa shape index (κ1) is 25.5. The van der Waals surface area contributed by atoms with E-state index in [0.717, 1.165) is 85.4 Å². The van der Waals surface area contributed by atoms with E-state index in [1.165, 1.54) is 5.56 Å². The fraction of sp³-hybridized carbons (Fsp3) is 0.448. The lowest BCUT2D eigenvalue weighted by molar-refractivity contribution is 0.100. The van der Waals surface area contributed by atoms with Gasteiger partial charge in [-0.15, -0.1) is 0 Å². The zero-order valence-electron chi connectivity index (χ0n) is 21.3. The fourth-order valence-electron chi connectivity index (χ4n) is 5.05. The summed E-state index contributed by atoms with van der Waals surface area (Å²) in [5.41, 5.74) is 13.8. The average Bonchev–Trinajstić information content (AvgIpc) is 3.32. The smallest absolute Gasteiger partial charge is 0.252 e. The summed E-state index contributed by atoms with van der Waals surface area (Å²) in [6.45, 7) is 14.2. The Hall–Kier alpha value is -3.08. The highest BCUT2D eigenvalue weighted by molar-refractivity contribution is 6.07. The van der Waals surface area contributed by atoms with Gasteiger partial charge in [0.15, 0.2) is 0 Å². The second-order valence-electron chi connectivity index (χ2n) is 9.08. The van der Waals surface area contributed by atoms with Gasteiger partial charge in [-0.25, -0.2) is 0 Å². The van der Waals surface area contributed by atoms with Crippen LogP contribution >= 0.6 is 0 Å². The van der Waals surface area contributed by atoms with E-state index in [-0.39, 0.29) is 0 Å². The Kier molecular flexibility index (Phi) is 8.91. The number of rotatable bonds is 11. The molecule has 1 aliphatic heterocycles. The SMILES string of the molecule is C=CNc1c(CC)c(-c2ccc(CCCC)c(N=CC)c2)cc(N2CCC(CC)C2)c1C(N)=O. The molecule has 1 heterocycles. The number of unbranched alkanes of at least 4 members (excludes halogenated alkanes) is 1. The van der Waals surface area contributed by atoms with Gasteiger partial charge in [-0.05, 0) is 79.1 Å². The van der Waals surface area contributed by atoms with E-state index in [1.807, 2.05) is 13.1 Å². The van der Waals surface area contributed by atoms with Crippen LogP contribution in [-0.2, 0) is 12.8 Å². The molecule has 34 heavy (non-hydrogen) atoms. The first-order valence-corrected chi connectivity index (χ1v) is 12.7. The minimum Gasteiger partial charge on any atom is -0.371 e. The van der Waals surface area contributed by atoms with Crippen molar-refractivity contribution in [1.29, 1.82) is 0 Å². The molecule has 1 saturated heterocycles. The molecule has 5 heteroatoms. The lowest BCUT2D eigenvalue weighted by Crippen LogP contribution is -2.26. The maximum Gasteiger partial charge on any atom is 0.252 e. The number of anilines is 2. The van der Waals surface area contributed by atoms with Crippen molar-refractivity contribution in [2.75, 3.05) is 23.3 Å². The second-order valence-corrected chi connectivity index (χ2v) is 9.08. The summed E-state index contributed by atoms with van der Waals surface area (Å²) in [6.07, 6.45) is 9.83. The largest absolute Gasteiger partial charge is 0.371 e. The van der Waals surface area contributed by atoms with Gasteiger partial charge in [-0.3, -0.25) is 9.79 Å². The number of benzene rings is 2. The predicted octanol–water partition coefficient (Wildman–Crippen LogP) is 6.87. The summed E-state index contributed by atoms with van der Waals surface area (Å²) < 4.78 is 0. The van der Waals surface area contributed by atoms with Crippen LogP contribution in [-0.4, -0.2) is 25.2 Å². The van der Waals surface area contributed by atoms with Crippen molar-refractivity contribution in [3.63, 3.8) is 0 Å². The van der Waals surface area contributed by atoms with Crippen LogP contribution in [0.1, 0.15) is 74.9 Å². The van der Waals surface area contributed by atoms with E-state index >= 15 is 0 Å². The summed E-state index contributed by atoms with van der Waals surface area (Å²) in [5, 5.41) is 3.26. The van der Waals surface area contributed by atoms with Crippen LogP contribution in [0.3, 0.4) is 0 Å². The molecule has 182 valence electrons. The molecule has 3 N–H and O–H groups in total. The Morgan fingerprint density at radius 1 is 1.29 bits per heavy atom. The molecule has 0 saturated carbocycles. The molecule has 1 unspecified atom stereocenters. The fourth-order valence-corrected chi connectivity index (χ4v) is 5.05. The summed E-state index contributed by atoms with van der Waals surface area (Å²) in [7, 11) is 0. The molecule has 5 nitrogen and oxygen atoms in total. The van der Waals surface area contributed by atoms with Gasteiger partial charge in [0.2, 0.25) is 0 Å². The highest BCUT2D eigenvalue weighted by Gasteiger charge is 2.28. The van der Waals surface area contributed by atoms with Crippen molar-refractivity contribution < 1.29 is 4.79 Å². The number of aryl methyl sites for hydroxylation is 1. The van der Waals surface area contributed by atoms with Gasteiger partial charge in [-0.2, -0.15) is 0 Å². The van der Waals surface area contributed by atoms with Gasteiger partial charge < -0.3 is 16.0 Å². The number of amides is 1. The number of nitrogens with two attached hydrogens (primary N) is 1. The van der Waals surface area contributed by atoms with Gasteiger partial charge in [0.1, 0.15) is 0 Å². The van der Waals surface area contributed by atoms with Gasteiger partial charge in [0, 0.05) is 19.3 Å². The predicted molar refractivity (Wildman–Crippen MR) is 147 cm³/mol. The maximum absolute atomic E-state index is 12.7. The molecule has 1 aliphatic rings. The highest BCUT2D eigenvalue weighted by atomic mass is 16.1. The van der Waals surface area contributed by atoms with Crippen LogP contribution in [0.5, 0.6) is 0 Å². The molecule has 2 aromatic rings. The standard InChI is InChI=1S/C29H40N4O/c1-6-11-12-21-13-14-22(17-25(21)31-9-4)24-18-26(33-16-15-20(7-2)19-33)27(29(30)34)28(32-10-5)23(24)8-3/h9-10,13-14,17-18,20,32H,5-8,11-12,15-16,19H2,1-4H3,(H2,30,34). The van der Waals surface area contributed by atoms with Crippen LogP contribution in [0, 0.1) is 5.92 Å². The Morgan fingerprint density at radius 2 is 2.09 bits per heavy atom. The molecule has 0 radical (unpaired) electrons. The number of nitrogens with zero attached hydrogens (tertiary/aromatic N) is 2. The number of hydrogen-bond acceptors (Lipinski definition) is 4. The Labute approximate surface area is 205 Å². The first-order valence-electron chi connectivity index (χ1n) is 12.7. The van der Waals surface area contributed by atoms with Gasteiger partial charge in [0.25, 0.3) is 5.91 Å². The normalized spacial score (nSPS) is 15.8. The van der Waals surface area contributed by atoms with Crippen LogP contribution in [0.2, 0.25) is 0 Å². The molecule has 1 amide bonds. The van der Waals surface area contributed by atoms with E-state index in [2.05, 4.69) is 66.8 Å². The molecule has 0 bridgehead atoms. The van der Waals surface area contributed by atoms with Crippen molar-refractivity contribution in [2.24, 2.45) is 16.6 Å². The lowest BCUT2D eigenvalue weighted by Gasteiger charge is -2.27. The summed E-state index contributed by atoms with van der Waals surface area (Å²) in [5.74, 6) is 0.223. The highest BCUT2D eigenvalue weighted by Crippen LogP contribution is 2.42.